The number of hydrogen-bond acceptors (Lipinski definition) is 2. The van der Waals surface area contributed by atoms with Crippen LogP contribution in [0.25, 0.3) is 0 Å². The van der Waals surface area contributed by atoms with Gasteiger partial charge in [0.05, 0.1) is 11.8 Å². The highest BCUT2D eigenvalue weighted by atomic mass is 19.1. The average Bonchev–Trinajstić information content (AvgIpc) is 2.85. The number of ketones is 1. The van der Waals surface area contributed by atoms with Crippen molar-refractivity contribution in [3.8, 4) is 0 Å². The molecule has 1 aromatic carbocycles. The maximum absolute atomic E-state index is 13.7. The molecule has 0 N–H and O–H groups in total. The summed E-state index contributed by atoms with van der Waals surface area (Å²) in [4.78, 5) is 11.8. The molecular formula is C14H12F2O2. The molecule has 94 valence electrons. The van der Waals surface area contributed by atoms with Crippen LogP contribution in [0.15, 0.2) is 34.9 Å². The Kier molecular flexibility index (Phi) is 3.55. The molecule has 0 unspecified atom stereocenters. The van der Waals surface area contributed by atoms with Crippen LogP contribution in [0.3, 0.4) is 0 Å². The van der Waals surface area contributed by atoms with Crippen LogP contribution in [0.4, 0.5) is 8.78 Å². The zero-order valence-corrected chi connectivity index (χ0v) is 9.87. The van der Waals surface area contributed by atoms with Crippen molar-refractivity contribution >= 4 is 5.78 Å². The van der Waals surface area contributed by atoms with E-state index in [0.29, 0.717) is 12.2 Å². The fourth-order valence-electron chi connectivity index (χ4n) is 1.73. The molecule has 4 heteroatoms. The fourth-order valence-corrected chi connectivity index (χ4v) is 1.73. The Bertz CT molecular complexity index is 559. The predicted molar refractivity (Wildman–Crippen MR) is 62.5 cm³/mol. The molecule has 2 nitrogen and oxygen atoms in total. The molecule has 0 aliphatic carbocycles. The Balaban J connectivity index is 2.16. The third kappa shape index (κ3) is 2.47. The van der Waals surface area contributed by atoms with E-state index in [4.69, 9.17) is 4.42 Å². The van der Waals surface area contributed by atoms with E-state index in [1.165, 1.54) is 19.3 Å². The van der Waals surface area contributed by atoms with E-state index in [0.717, 1.165) is 6.07 Å². The minimum absolute atomic E-state index is 0.0187. The highest BCUT2D eigenvalue weighted by molar-refractivity contribution is 5.96. The van der Waals surface area contributed by atoms with Gasteiger partial charge in [0.2, 0.25) is 0 Å². The molecule has 0 aliphatic heterocycles. The molecule has 0 radical (unpaired) electrons. The van der Waals surface area contributed by atoms with Crippen molar-refractivity contribution in [2.45, 2.75) is 19.8 Å². The van der Waals surface area contributed by atoms with Gasteiger partial charge in [-0.25, -0.2) is 8.78 Å². The van der Waals surface area contributed by atoms with Gasteiger partial charge in [0.25, 0.3) is 0 Å². The molecule has 0 atom stereocenters. The van der Waals surface area contributed by atoms with Crippen LogP contribution in [0.2, 0.25) is 0 Å². The Hall–Kier alpha value is -1.97. The number of Topliss-reactive ketones (excluding diaryl/α,β-unsaturated/α-hetero) is 1. The van der Waals surface area contributed by atoms with Gasteiger partial charge < -0.3 is 4.42 Å². The normalized spacial score (nSPS) is 10.6. The molecule has 18 heavy (non-hydrogen) atoms. The van der Waals surface area contributed by atoms with Crippen LogP contribution in [0.5, 0.6) is 0 Å². The number of carbonyl (C=O) groups excluding carboxylic acids is 1. The second-order valence-electron chi connectivity index (χ2n) is 4.06. The maximum Gasteiger partial charge on any atom is 0.169 e. The summed E-state index contributed by atoms with van der Waals surface area (Å²) in [6, 6.07) is 5.84. The van der Waals surface area contributed by atoms with Crippen molar-refractivity contribution < 1.29 is 18.0 Å². The smallest absolute Gasteiger partial charge is 0.169 e. The first-order valence-electron chi connectivity index (χ1n) is 5.60. The topological polar surface area (TPSA) is 30.2 Å². The van der Waals surface area contributed by atoms with Crippen molar-refractivity contribution in [1.82, 2.24) is 0 Å². The van der Waals surface area contributed by atoms with Crippen molar-refractivity contribution in [2.24, 2.45) is 0 Å². The quantitative estimate of drug-likeness (QED) is 0.775. The summed E-state index contributed by atoms with van der Waals surface area (Å²) < 4.78 is 32.2. The van der Waals surface area contributed by atoms with Gasteiger partial charge in [0.15, 0.2) is 5.78 Å². The summed E-state index contributed by atoms with van der Waals surface area (Å²) in [6.07, 6.45) is 1.84. The fraction of sp³-hybridized carbons (Fsp3) is 0.214. The zero-order chi connectivity index (χ0) is 13.1. The van der Waals surface area contributed by atoms with Crippen molar-refractivity contribution in [3.05, 3.63) is 59.1 Å². The molecule has 0 aliphatic rings. The highest BCUT2D eigenvalue weighted by Gasteiger charge is 2.18. The van der Waals surface area contributed by atoms with Gasteiger partial charge in [-0.1, -0.05) is 6.07 Å². The number of rotatable bonds is 4. The molecule has 2 rings (SSSR count). The Morgan fingerprint density at radius 3 is 2.72 bits per heavy atom. The summed E-state index contributed by atoms with van der Waals surface area (Å²) in [5.41, 5.74) is -0.195. The largest absolute Gasteiger partial charge is 0.469 e. The Morgan fingerprint density at radius 2 is 2.06 bits per heavy atom. The number of benzene rings is 1. The second kappa shape index (κ2) is 5.12. The van der Waals surface area contributed by atoms with Gasteiger partial charge >= 0.3 is 0 Å². The van der Waals surface area contributed by atoms with Gasteiger partial charge in [-0.15, -0.1) is 0 Å². The number of aryl methyl sites for hydroxylation is 2. The zero-order valence-electron chi connectivity index (χ0n) is 9.87. The van der Waals surface area contributed by atoms with Crippen LogP contribution < -0.4 is 0 Å². The van der Waals surface area contributed by atoms with Crippen LogP contribution in [-0.2, 0) is 6.42 Å². The van der Waals surface area contributed by atoms with Crippen molar-refractivity contribution in [2.75, 3.05) is 0 Å². The summed E-state index contributed by atoms with van der Waals surface area (Å²) in [5.74, 6) is -1.52. The van der Waals surface area contributed by atoms with Gasteiger partial charge in [-0.2, -0.15) is 0 Å². The van der Waals surface area contributed by atoms with Crippen LogP contribution in [0, 0.1) is 18.6 Å². The summed E-state index contributed by atoms with van der Waals surface area (Å²) in [7, 11) is 0. The minimum atomic E-state index is -0.817. The van der Waals surface area contributed by atoms with Gasteiger partial charge in [-0.05, 0) is 30.7 Å². The van der Waals surface area contributed by atoms with E-state index in [-0.39, 0.29) is 12.0 Å². The summed E-state index contributed by atoms with van der Waals surface area (Å²) in [5, 5.41) is 0. The SMILES string of the molecule is Cc1ccc(F)c(C(=O)CCc2ccco2)c1F. The third-order valence-electron chi connectivity index (χ3n) is 2.74. The van der Waals surface area contributed by atoms with E-state index < -0.39 is 23.0 Å². The van der Waals surface area contributed by atoms with Gasteiger partial charge in [0, 0.05) is 12.8 Å². The summed E-state index contributed by atoms with van der Waals surface area (Å²) >= 11 is 0. The van der Waals surface area contributed by atoms with E-state index in [2.05, 4.69) is 0 Å². The first kappa shape index (κ1) is 12.5. The molecule has 1 aromatic heterocycles. The molecule has 2 aromatic rings. The van der Waals surface area contributed by atoms with Crippen LogP contribution in [-0.4, -0.2) is 5.78 Å². The molecule has 0 spiro atoms. The van der Waals surface area contributed by atoms with E-state index in [9.17, 15) is 13.6 Å². The number of hydrogen-bond donors (Lipinski definition) is 0. The lowest BCUT2D eigenvalue weighted by molar-refractivity contribution is 0.0972. The highest BCUT2D eigenvalue weighted by Crippen LogP contribution is 2.19. The average molecular weight is 250 g/mol. The van der Waals surface area contributed by atoms with Gasteiger partial charge in [-0.3, -0.25) is 4.79 Å². The second-order valence-corrected chi connectivity index (χ2v) is 4.06. The molecule has 1 heterocycles. The third-order valence-corrected chi connectivity index (χ3v) is 2.74. The number of carbonyl (C=O) groups is 1. The van der Waals surface area contributed by atoms with E-state index >= 15 is 0 Å². The first-order chi connectivity index (χ1) is 8.59. The molecule has 0 fully saturated rings. The van der Waals surface area contributed by atoms with Crippen molar-refractivity contribution in [3.63, 3.8) is 0 Å². The first-order valence-corrected chi connectivity index (χ1v) is 5.60. The predicted octanol–water partition coefficient (Wildman–Crippen LogP) is 3.68. The monoisotopic (exact) mass is 250 g/mol. The van der Waals surface area contributed by atoms with E-state index in [1.807, 2.05) is 0 Å². The minimum Gasteiger partial charge on any atom is -0.469 e. The molecule has 0 bridgehead atoms. The lowest BCUT2D eigenvalue weighted by atomic mass is 10.0. The van der Waals surface area contributed by atoms with Crippen molar-refractivity contribution in [1.29, 1.82) is 0 Å². The van der Waals surface area contributed by atoms with E-state index in [1.54, 1.807) is 12.1 Å². The van der Waals surface area contributed by atoms with Crippen LogP contribution in [0.1, 0.15) is 28.1 Å². The maximum atomic E-state index is 13.7. The molecule has 0 saturated heterocycles. The summed E-state index contributed by atoms with van der Waals surface area (Å²) in [6.45, 7) is 1.50. The Labute approximate surface area is 103 Å². The number of furan rings is 1. The molecule has 0 saturated carbocycles. The standard InChI is InChI=1S/C14H12F2O2/c1-9-4-6-11(15)13(14(9)16)12(17)7-5-10-3-2-8-18-10/h2-4,6,8H,5,7H2,1H3. The van der Waals surface area contributed by atoms with Gasteiger partial charge in [0.1, 0.15) is 17.4 Å². The Morgan fingerprint density at radius 1 is 1.28 bits per heavy atom. The number of halogens is 2. The lowest BCUT2D eigenvalue weighted by Gasteiger charge is -2.05. The van der Waals surface area contributed by atoms with Crippen LogP contribution >= 0.6 is 0 Å². The molecular weight excluding hydrogens is 238 g/mol. The molecule has 0 amide bonds. The lowest BCUT2D eigenvalue weighted by Crippen LogP contribution is -2.08.